The van der Waals surface area contributed by atoms with Crippen molar-refractivity contribution in [1.29, 1.82) is 0 Å². The van der Waals surface area contributed by atoms with Gasteiger partial charge in [0.05, 0.1) is 29.9 Å². The van der Waals surface area contributed by atoms with Crippen molar-refractivity contribution in [2.45, 2.75) is 13.3 Å². The number of hydrogen-bond donors (Lipinski definition) is 1. The monoisotopic (exact) mass is 516 g/mol. The fraction of sp³-hybridized carbons (Fsp3) is 0.222. The van der Waals surface area contributed by atoms with Crippen LogP contribution < -0.4 is 14.9 Å². The molecule has 0 aliphatic carbocycles. The lowest BCUT2D eigenvalue weighted by Gasteiger charge is -2.11. The summed E-state index contributed by atoms with van der Waals surface area (Å²) in [4.78, 5) is 11.9. The molecular weight excluding hydrogens is 499 g/mol. The normalized spacial score (nSPS) is 10.7. The minimum absolute atomic E-state index is 0.174. The van der Waals surface area contributed by atoms with Crippen LogP contribution in [-0.2, 0) is 11.2 Å². The number of carbonyl (C=O) groups is 1. The van der Waals surface area contributed by atoms with Crippen LogP contribution in [0.1, 0.15) is 18.1 Å². The molecule has 25 heavy (non-hydrogen) atoms. The Morgan fingerprint density at radius 2 is 2.04 bits per heavy atom. The highest BCUT2D eigenvalue weighted by atomic mass is 127. The van der Waals surface area contributed by atoms with Crippen molar-refractivity contribution < 1.29 is 14.3 Å². The molecule has 0 aliphatic rings. The van der Waals surface area contributed by atoms with E-state index in [9.17, 15) is 4.79 Å². The minimum Gasteiger partial charge on any atom is -0.492 e. The van der Waals surface area contributed by atoms with Crippen LogP contribution >= 0.6 is 38.5 Å². The molecule has 2 rings (SSSR count). The molecule has 0 atom stereocenters. The van der Waals surface area contributed by atoms with Gasteiger partial charge in [-0.05, 0) is 64.9 Å². The van der Waals surface area contributed by atoms with Gasteiger partial charge in [-0.2, -0.15) is 5.10 Å². The molecule has 2 aromatic rings. The molecule has 0 unspecified atom stereocenters. The zero-order valence-corrected chi connectivity index (χ0v) is 17.6. The maximum atomic E-state index is 11.9. The van der Waals surface area contributed by atoms with E-state index in [1.165, 1.54) is 0 Å². The third-order valence-electron chi connectivity index (χ3n) is 3.22. The summed E-state index contributed by atoms with van der Waals surface area (Å²) in [5.74, 6) is 1.17. The van der Waals surface area contributed by atoms with Gasteiger partial charge >= 0.3 is 0 Å². The van der Waals surface area contributed by atoms with E-state index in [2.05, 4.69) is 49.0 Å². The summed E-state index contributed by atoms with van der Waals surface area (Å²) in [5.41, 5.74) is 4.28. The van der Waals surface area contributed by atoms with E-state index in [4.69, 9.17) is 9.47 Å². The zero-order valence-electron chi connectivity index (χ0n) is 13.9. The number of methoxy groups -OCH3 is 1. The Bertz CT molecular complexity index is 764. The number of hydrogen-bond acceptors (Lipinski definition) is 4. The van der Waals surface area contributed by atoms with Gasteiger partial charge in [0.2, 0.25) is 5.91 Å². The molecule has 132 valence electrons. The summed E-state index contributed by atoms with van der Waals surface area (Å²) in [7, 11) is 1.61. The van der Waals surface area contributed by atoms with Crippen molar-refractivity contribution in [3.05, 3.63) is 55.6 Å². The van der Waals surface area contributed by atoms with Crippen molar-refractivity contribution in [2.75, 3.05) is 13.7 Å². The molecule has 0 aliphatic heterocycles. The van der Waals surface area contributed by atoms with Crippen LogP contribution in [0.2, 0.25) is 0 Å². The Labute approximate surface area is 169 Å². The van der Waals surface area contributed by atoms with E-state index in [-0.39, 0.29) is 12.3 Å². The van der Waals surface area contributed by atoms with E-state index in [0.717, 1.165) is 19.2 Å². The number of nitrogens with zero attached hydrogens (tertiary/aromatic N) is 1. The van der Waals surface area contributed by atoms with Gasteiger partial charge in [-0.25, -0.2) is 5.43 Å². The standard InChI is InChI=1S/C18H18BrIN2O3/c1-3-25-16-9-13(8-15(20)18(16)24-2)11-21-22-17(23)10-12-4-6-14(19)7-5-12/h4-9,11H,3,10H2,1-2H3,(H,22,23)/b21-11+. The summed E-state index contributed by atoms with van der Waals surface area (Å²) >= 11 is 5.54. The summed E-state index contributed by atoms with van der Waals surface area (Å²) in [5, 5.41) is 4.02. The van der Waals surface area contributed by atoms with Crippen molar-refractivity contribution in [2.24, 2.45) is 5.10 Å². The highest BCUT2D eigenvalue weighted by molar-refractivity contribution is 14.1. The first-order valence-corrected chi connectivity index (χ1v) is 9.47. The third-order valence-corrected chi connectivity index (χ3v) is 4.55. The van der Waals surface area contributed by atoms with Gasteiger partial charge in [0.1, 0.15) is 0 Å². The number of rotatable bonds is 7. The van der Waals surface area contributed by atoms with E-state index in [1.807, 2.05) is 43.3 Å². The lowest BCUT2D eigenvalue weighted by molar-refractivity contribution is -0.120. The number of carbonyl (C=O) groups excluding carboxylic acids is 1. The van der Waals surface area contributed by atoms with Crippen LogP contribution in [0.25, 0.3) is 0 Å². The molecule has 0 fully saturated rings. The van der Waals surface area contributed by atoms with Crippen LogP contribution in [-0.4, -0.2) is 25.8 Å². The highest BCUT2D eigenvalue weighted by Gasteiger charge is 2.10. The fourth-order valence-corrected chi connectivity index (χ4v) is 3.24. The summed E-state index contributed by atoms with van der Waals surface area (Å²) in [6.45, 7) is 2.45. The summed E-state index contributed by atoms with van der Waals surface area (Å²) in [6, 6.07) is 11.3. The van der Waals surface area contributed by atoms with Crippen LogP contribution in [0.5, 0.6) is 11.5 Å². The Morgan fingerprint density at radius 1 is 1.32 bits per heavy atom. The molecule has 7 heteroatoms. The first-order valence-electron chi connectivity index (χ1n) is 7.60. The Morgan fingerprint density at radius 3 is 2.68 bits per heavy atom. The maximum absolute atomic E-state index is 11.9. The zero-order chi connectivity index (χ0) is 18.2. The number of nitrogens with one attached hydrogen (secondary N) is 1. The topological polar surface area (TPSA) is 59.9 Å². The SMILES string of the molecule is CCOc1cc(/C=N/NC(=O)Cc2ccc(Br)cc2)cc(I)c1OC. The number of ether oxygens (including phenoxy) is 2. The first kappa shape index (κ1) is 19.7. The average Bonchev–Trinajstić information content (AvgIpc) is 2.57. The smallest absolute Gasteiger partial charge is 0.244 e. The summed E-state index contributed by atoms with van der Waals surface area (Å²) < 4.78 is 12.8. The van der Waals surface area contributed by atoms with Crippen LogP contribution in [0.3, 0.4) is 0 Å². The number of amides is 1. The van der Waals surface area contributed by atoms with Gasteiger partial charge in [-0.3, -0.25) is 4.79 Å². The van der Waals surface area contributed by atoms with Crippen molar-refractivity contribution in [3.8, 4) is 11.5 Å². The quantitative estimate of drug-likeness (QED) is 0.341. The predicted molar refractivity (Wildman–Crippen MR) is 110 cm³/mol. The van der Waals surface area contributed by atoms with Crippen molar-refractivity contribution >= 4 is 50.6 Å². The Kier molecular flexibility index (Phi) is 7.70. The molecule has 2 aromatic carbocycles. The van der Waals surface area contributed by atoms with Gasteiger partial charge in [0.25, 0.3) is 0 Å². The second-order valence-corrected chi connectivity index (χ2v) is 7.14. The van der Waals surface area contributed by atoms with Crippen LogP contribution in [0.4, 0.5) is 0 Å². The molecule has 1 amide bonds. The van der Waals surface area contributed by atoms with Gasteiger partial charge < -0.3 is 9.47 Å². The number of benzene rings is 2. The van der Waals surface area contributed by atoms with Gasteiger partial charge in [0.15, 0.2) is 11.5 Å². The molecule has 0 saturated carbocycles. The summed E-state index contributed by atoms with van der Waals surface area (Å²) in [6.07, 6.45) is 1.86. The second kappa shape index (κ2) is 9.76. The first-order chi connectivity index (χ1) is 12.0. The molecule has 1 N–H and O–H groups in total. The average molecular weight is 517 g/mol. The molecule has 0 radical (unpaired) electrons. The third kappa shape index (κ3) is 6.00. The van der Waals surface area contributed by atoms with Gasteiger partial charge in [-0.15, -0.1) is 0 Å². The molecule has 0 heterocycles. The van der Waals surface area contributed by atoms with Crippen molar-refractivity contribution in [1.82, 2.24) is 5.43 Å². The van der Waals surface area contributed by atoms with E-state index >= 15 is 0 Å². The molecule has 0 aromatic heterocycles. The van der Waals surface area contributed by atoms with E-state index < -0.39 is 0 Å². The van der Waals surface area contributed by atoms with E-state index in [0.29, 0.717) is 18.1 Å². The molecule has 0 bridgehead atoms. The predicted octanol–water partition coefficient (Wildman–Crippen LogP) is 4.15. The minimum atomic E-state index is -0.174. The molecule has 0 spiro atoms. The second-order valence-electron chi connectivity index (χ2n) is 5.06. The lowest BCUT2D eigenvalue weighted by Crippen LogP contribution is -2.19. The molecular formula is C18H18BrIN2O3. The maximum Gasteiger partial charge on any atom is 0.244 e. The fourth-order valence-electron chi connectivity index (χ4n) is 2.13. The largest absolute Gasteiger partial charge is 0.492 e. The van der Waals surface area contributed by atoms with Crippen LogP contribution in [0.15, 0.2) is 46.0 Å². The van der Waals surface area contributed by atoms with Crippen LogP contribution in [0, 0.1) is 3.57 Å². The molecule has 0 saturated heterocycles. The molecule has 5 nitrogen and oxygen atoms in total. The number of halogens is 2. The highest BCUT2D eigenvalue weighted by Crippen LogP contribution is 2.33. The Hall–Kier alpha value is -1.61. The van der Waals surface area contributed by atoms with Gasteiger partial charge in [-0.1, -0.05) is 28.1 Å². The number of hydrazone groups is 1. The van der Waals surface area contributed by atoms with Crippen molar-refractivity contribution in [3.63, 3.8) is 0 Å². The lowest BCUT2D eigenvalue weighted by atomic mass is 10.1. The van der Waals surface area contributed by atoms with E-state index in [1.54, 1.807) is 13.3 Å². The van der Waals surface area contributed by atoms with Gasteiger partial charge in [0, 0.05) is 4.47 Å². The Balaban J connectivity index is 2.01.